The highest BCUT2D eigenvalue weighted by atomic mass is 32.2. The number of imidazole rings is 1. The third-order valence-corrected chi connectivity index (χ3v) is 4.09. The Hall–Kier alpha value is -1.60. The number of nitrogens with two attached hydrogens (primary N) is 1. The van der Waals surface area contributed by atoms with E-state index in [2.05, 4.69) is 14.6 Å². The molecule has 0 unspecified atom stereocenters. The maximum atomic E-state index is 11.3. The molecule has 1 aromatic rings. The minimum atomic E-state index is -3.82. The van der Waals surface area contributed by atoms with Gasteiger partial charge in [0.05, 0.1) is 13.2 Å². The van der Waals surface area contributed by atoms with Crippen molar-refractivity contribution in [2.75, 3.05) is 39.4 Å². The molecule has 0 bridgehead atoms. The highest BCUT2D eigenvalue weighted by Crippen LogP contribution is 2.18. The van der Waals surface area contributed by atoms with Crippen LogP contribution in [0.25, 0.3) is 0 Å². The predicted molar refractivity (Wildman–Crippen MR) is 81.0 cm³/mol. The summed E-state index contributed by atoms with van der Waals surface area (Å²) >= 11 is 0. The first kappa shape index (κ1) is 17.7. The van der Waals surface area contributed by atoms with Crippen molar-refractivity contribution < 1.29 is 18.1 Å². The number of nitrogens with one attached hydrogen (secondary N) is 1. The van der Waals surface area contributed by atoms with E-state index in [1.54, 1.807) is 0 Å². The van der Waals surface area contributed by atoms with Gasteiger partial charge in [0, 0.05) is 32.6 Å². The second kappa shape index (κ2) is 7.79. The number of hydrogen-bond acceptors (Lipinski definition) is 7. The summed E-state index contributed by atoms with van der Waals surface area (Å²) in [5, 5.41) is 16.1. The predicted octanol–water partition coefficient (Wildman–Crippen LogP) is -1.54. The number of hydrogen-bond donors (Lipinski definition) is 2. The third kappa shape index (κ3) is 5.51. The molecule has 0 saturated carbocycles. The minimum absolute atomic E-state index is 0.0427. The lowest BCUT2D eigenvalue weighted by atomic mass is 10.2. The first-order chi connectivity index (χ1) is 10.9. The van der Waals surface area contributed by atoms with Crippen molar-refractivity contribution in [3.8, 4) is 0 Å². The molecule has 12 heteroatoms. The molecule has 0 radical (unpaired) electrons. The van der Waals surface area contributed by atoms with Gasteiger partial charge in [0.1, 0.15) is 12.2 Å². The average Bonchev–Trinajstić information content (AvgIpc) is 2.88. The van der Waals surface area contributed by atoms with Gasteiger partial charge < -0.3 is 14.9 Å². The topological polar surface area (TPSA) is 146 Å². The maximum Gasteiger partial charge on any atom is 0.345 e. The zero-order valence-corrected chi connectivity index (χ0v) is 13.4. The number of nitro groups is 1. The second-order valence-electron chi connectivity index (χ2n) is 5.11. The van der Waals surface area contributed by atoms with E-state index >= 15 is 0 Å². The quantitative estimate of drug-likeness (QED) is 0.427. The Balaban J connectivity index is 1.98. The summed E-state index contributed by atoms with van der Waals surface area (Å²) in [6.45, 7) is 3.62. The Morgan fingerprint density at radius 2 is 2.09 bits per heavy atom. The molecule has 0 atom stereocenters. The van der Waals surface area contributed by atoms with Crippen molar-refractivity contribution in [2.24, 2.45) is 5.14 Å². The molecule has 2 heterocycles. The summed E-state index contributed by atoms with van der Waals surface area (Å²) in [4.78, 5) is 17.0. The van der Waals surface area contributed by atoms with Gasteiger partial charge in [0.2, 0.25) is 0 Å². The molecule has 1 aliphatic rings. The zero-order chi connectivity index (χ0) is 16.9. The van der Waals surface area contributed by atoms with E-state index in [1.807, 2.05) is 0 Å². The highest BCUT2D eigenvalue weighted by Gasteiger charge is 2.22. The maximum absolute atomic E-state index is 11.3. The van der Waals surface area contributed by atoms with Crippen LogP contribution in [0.4, 0.5) is 5.82 Å². The zero-order valence-electron chi connectivity index (χ0n) is 12.5. The largest absolute Gasteiger partial charge is 0.379 e. The smallest absolute Gasteiger partial charge is 0.345 e. The first-order valence-corrected chi connectivity index (χ1v) is 8.67. The first-order valence-electron chi connectivity index (χ1n) is 7.12. The van der Waals surface area contributed by atoms with Crippen LogP contribution in [0.15, 0.2) is 6.33 Å². The molecule has 1 saturated heterocycles. The fourth-order valence-electron chi connectivity index (χ4n) is 2.36. The average molecular weight is 348 g/mol. The highest BCUT2D eigenvalue weighted by molar-refractivity contribution is 7.87. The summed E-state index contributed by atoms with van der Waals surface area (Å²) in [5.74, 6) is -0.116. The number of aromatic nitrogens is 2. The normalized spacial score (nSPS) is 16.6. The number of nitrogens with zero attached hydrogens (tertiary/aromatic N) is 4. The van der Waals surface area contributed by atoms with Crippen molar-refractivity contribution in [3.05, 3.63) is 22.1 Å². The molecule has 2 rings (SSSR count). The summed E-state index contributed by atoms with van der Waals surface area (Å²) in [5.41, 5.74) is 0.386. The van der Waals surface area contributed by atoms with Crippen LogP contribution in [0.3, 0.4) is 0 Å². The van der Waals surface area contributed by atoms with E-state index in [4.69, 9.17) is 9.88 Å². The number of morpholine rings is 1. The fraction of sp³-hybridized carbons (Fsp3) is 0.727. The van der Waals surface area contributed by atoms with E-state index in [0.29, 0.717) is 31.9 Å². The Morgan fingerprint density at radius 1 is 1.39 bits per heavy atom. The van der Waals surface area contributed by atoms with E-state index in [-0.39, 0.29) is 18.9 Å². The summed E-state index contributed by atoms with van der Waals surface area (Å²) in [6.07, 6.45) is 1.80. The van der Waals surface area contributed by atoms with Crippen LogP contribution < -0.4 is 9.86 Å². The second-order valence-corrected chi connectivity index (χ2v) is 6.49. The van der Waals surface area contributed by atoms with Crippen LogP contribution >= 0.6 is 0 Å². The van der Waals surface area contributed by atoms with Gasteiger partial charge in [-0.15, -0.1) is 0 Å². The molecule has 11 nitrogen and oxygen atoms in total. The molecular formula is C11H20N6O5S. The van der Waals surface area contributed by atoms with Gasteiger partial charge in [0.25, 0.3) is 10.2 Å². The molecule has 0 aromatic carbocycles. The van der Waals surface area contributed by atoms with Crippen molar-refractivity contribution in [2.45, 2.75) is 13.0 Å². The van der Waals surface area contributed by atoms with Crippen molar-refractivity contribution >= 4 is 16.0 Å². The summed E-state index contributed by atoms with van der Waals surface area (Å²) < 4.78 is 30.3. The Labute approximate surface area is 133 Å². The lowest BCUT2D eigenvalue weighted by Crippen LogP contribution is -2.37. The van der Waals surface area contributed by atoms with Crippen LogP contribution in [-0.4, -0.2) is 67.2 Å². The number of rotatable bonds is 8. The van der Waals surface area contributed by atoms with E-state index < -0.39 is 15.1 Å². The van der Waals surface area contributed by atoms with E-state index in [0.717, 1.165) is 13.1 Å². The molecule has 1 aromatic heterocycles. The summed E-state index contributed by atoms with van der Waals surface area (Å²) in [6, 6.07) is 0. The van der Waals surface area contributed by atoms with Crippen LogP contribution in [-0.2, 0) is 27.9 Å². The molecule has 1 fully saturated rings. The molecule has 1 aliphatic heterocycles. The lowest BCUT2D eigenvalue weighted by Gasteiger charge is -2.26. The molecular weight excluding hydrogens is 328 g/mol. The SMILES string of the molecule is NS(=O)(=O)NCCn1cnc(CCN2CCOCC2)c1[N+](=O)[O-]. The van der Waals surface area contributed by atoms with Crippen LogP contribution in [0.2, 0.25) is 0 Å². The van der Waals surface area contributed by atoms with Crippen LogP contribution in [0.5, 0.6) is 0 Å². The Bertz CT molecular complexity index is 639. The summed E-state index contributed by atoms with van der Waals surface area (Å²) in [7, 11) is -3.82. The van der Waals surface area contributed by atoms with Crippen molar-refractivity contribution in [1.29, 1.82) is 0 Å². The molecule has 0 amide bonds. The molecule has 130 valence electrons. The van der Waals surface area contributed by atoms with Gasteiger partial charge in [-0.1, -0.05) is 0 Å². The molecule has 0 aliphatic carbocycles. The Morgan fingerprint density at radius 3 is 2.70 bits per heavy atom. The van der Waals surface area contributed by atoms with E-state index in [1.165, 1.54) is 10.9 Å². The lowest BCUT2D eigenvalue weighted by molar-refractivity contribution is -0.392. The van der Waals surface area contributed by atoms with Gasteiger partial charge in [-0.2, -0.15) is 13.1 Å². The van der Waals surface area contributed by atoms with Crippen molar-refractivity contribution in [1.82, 2.24) is 19.2 Å². The van der Waals surface area contributed by atoms with E-state index in [9.17, 15) is 18.5 Å². The van der Waals surface area contributed by atoms with Crippen molar-refractivity contribution in [3.63, 3.8) is 0 Å². The van der Waals surface area contributed by atoms with Gasteiger partial charge >= 0.3 is 5.82 Å². The Kier molecular flexibility index (Phi) is 6.01. The van der Waals surface area contributed by atoms with Crippen LogP contribution in [0.1, 0.15) is 5.69 Å². The van der Waals surface area contributed by atoms with Crippen LogP contribution in [0, 0.1) is 10.1 Å². The van der Waals surface area contributed by atoms with Gasteiger partial charge in [0.15, 0.2) is 6.33 Å². The fourth-order valence-corrected chi connectivity index (χ4v) is 2.74. The monoisotopic (exact) mass is 348 g/mol. The number of ether oxygens (including phenoxy) is 1. The molecule has 23 heavy (non-hydrogen) atoms. The molecule has 0 spiro atoms. The minimum Gasteiger partial charge on any atom is -0.379 e. The van der Waals surface area contributed by atoms with Gasteiger partial charge in [-0.05, 0) is 4.92 Å². The third-order valence-electron chi connectivity index (χ3n) is 3.48. The standard InChI is InChI=1S/C11H20N6O5S/c12-23(20,21)14-2-4-16-9-13-10(11(16)17(18)19)1-3-15-5-7-22-8-6-15/h9,14H,1-8H2,(H2,12,20,21). The molecule has 3 N–H and O–H groups in total. The van der Waals surface area contributed by atoms with Gasteiger partial charge in [-0.25, -0.2) is 14.7 Å². The van der Waals surface area contributed by atoms with Gasteiger partial charge in [-0.3, -0.25) is 4.90 Å².